The molecule has 0 heterocycles. The summed E-state index contributed by atoms with van der Waals surface area (Å²) in [6, 6.07) is 5.28. The van der Waals surface area contributed by atoms with Crippen molar-refractivity contribution in [1.29, 1.82) is 0 Å². The molecule has 2 rings (SSSR count). The number of carbonyl (C=O) groups is 1. The van der Waals surface area contributed by atoms with E-state index in [0.29, 0.717) is 10.6 Å². The number of halogens is 2. The lowest BCUT2D eigenvalue weighted by Crippen LogP contribution is -2.41. The molecule has 1 amide bonds. The van der Waals surface area contributed by atoms with Crippen LogP contribution in [0, 0.1) is 0 Å². The normalized spacial score (nSPS) is 17.8. The molecule has 2 nitrogen and oxygen atoms in total. The number of benzene rings is 1. The molecule has 0 bridgehead atoms. The fraction of sp³-hybridized carbons (Fsp3) is 0.533. The Bertz CT molecular complexity index is 469. The van der Waals surface area contributed by atoms with Crippen molar-refractivity contribution in [2.24, 2.45) is 0 Å². The second-order valence-electron chi connectivity index (χ2n) is 5.29. The van der Waals surface area contributed by atoms with E-state index in [1.165, 1.54) is 32.1 Å². The van der Waals surface area contributed by atoms with Crippen LogP contribution in [0.3, 0.4) is 0 Å². The van der Waals surface area contributed by atoms with Crippen molar-refractivity contribution >= 4 is 45.2 Å². The molecule has 1 aromatic rings. The first-order chi connectivity index (χ1) is 9.54. The van der Waals surface area contributed by atoms with Crippen LogP contribution in [-0.4, -0.2) is 23.5 Å². The number of rotatable bonds is 4. The molecule has 0 aromatic heterocycles. The number of carbonyl (C=O) groups excluding carboxylic acids is 1. The third-order valence-electron chi connectivity index (χ3n) is 3.89. The summed E-state index contributed by atoms with van der Waals surface area (Å²) in [5.74, 6) is -0.0489. The Morgan fingerprint density at radius 1 is 1.35 bits per heavy atom. The molecular weight excluding hydrogens is 358 g/mol. The zero-order valence-corrected chi connectivity index (χ0v) is 14.7. The molecule has 1 aliphatic carbocycles. The average molecular weight is 377 g/mol. The highest BCUT2D eigenvalue weighted by molar-refractivity contribution is 9.10. The summed E-state index contributed by atoms with van der Waals surface area (Å²) in [7, 11) is 0. The van der Waals surface area contributed by atoms with Gasteiger partial charge < -0.3 is 5.32 Å². The number of hydrogen-bond donors (Lipinski definition) is 1. The van der Waals surface area contributed by atoms with Crippen LogP contribution in [0.25, 0.3) is 0 Å². The minimum atomic E-state index is -0.0489. The first-order valence-corrected chi connectivity index (χ1v) is 9.24. The van der Waals surface area contributed by atoms with Crippen LogP contribution >= 0.6 is 39.3 Å². The van der Waals surface area contributed by atoms with Gasteiger partial charge in [0.25, 0.3) is 5.91 Å². The Hall–Kier alpha value is -0.190. The van der Waals surface area contributed by atoms with Crippen LogP contribution in [0.4, 0.5) is 0 Å². The lowest BCUT2D eigenvalue weighted by Gasteiger charge is -2.35. The number of nitrogens with one attached hydrogen (secondary N) is 1. The van der Waals surface area contributed by atoms with E-state index in [-0.39, 0.29) is 10.7 Å². The Balaban J connectivity index is 2.00. The minimum Gasteiger partial charge on any atom is -0.351 e. The largest absolute Gasteiger partial charge is 0.351 e. The molecule has 0 radical (unpaired) electrons. The summed E-state index contributed by atoms with van der Waals surface area (Å²) in [6.07, 6.45) is 8.37. The molecule has 20 heavy (non-hydrogen) atoms. The van der Waals surface area contributed by atoms with Crippen LogP contribution < -0.4 is 5.32 Å². The maximum absolute atomic E-state index is 12.3. The van der Waals surface area contributed by atoms with Crippen molar-refractivity contribution in [3.05, 3.63) is 33.3 Å². The van der Waals surface area contributed by atoms with Gasteiger partial charge in [-0.1, -0.05) is 46.8 Å². The molecule has 0 atom stereocenters. The fourth-order valence-electron chi connectivity index (χ4n) is 2.68. The summed E-state index contributed by atoms with van der Waals surface area (Å²) in [5, 5.41) is 3.65. The van der Waals surface area contributed by atoms with Crippen molar-refractivity contribution in [2.45, 2.75) is 36.9 Å². The number of thioether (sulfide) groups is 1. The molecular formula is C15H19BrClNOS. The van der Waals surface area contributed by atoms with E-state index in [1.807, 2.05) is 11.8 Å². The molecule has 0 unspecified atom stereocenters. The van der Waals surface area contributed by atoms with Gasteiger partial charge in [0.2, 0.25) is 0 Å². The third-order valence-corrected chi connectivity index (χ3v) is 5.99. The van der Waals surface area contributed by atoms with Crippen LogP contribution in [0.1, 0.15) is 42.5 Å². The zero-order valence-electron chi connectivity index (χ0n) is 11.5. The first kappa shape index (κ1) is 16.2. The second-order valence-corrected chi connectivity index (χ2v) is 7.91. The first-order valence-electron chi connectivity index (χ1n) is 6.84. The minimum absolute atomic E-state index is 0.0489. The summed E-state index contributed by atoms with van der Waals surface area (Å²) >= 11 is 11.2. The second kappa shape index (κ2) is 7.19. The van der Waals surface area contributed by atoms with Gasteiger partial charge in [-0.25, -0.2) is 0 Å². The van der Waals surface area contributed by atoms with E-state index < -0.39 is 0 Å². The molecule has 1 N–H and O–H groups in total. The van der Waals surface area contributed by atoms with Crippen molar-refractivity contribution in [1.82, 2.24) is 5.32 Å². The van der Waals surface area contributed by atoms with Crippen molar-refractivity contribution in [3.8, 4) is 0 Å². The molecule has 0 aliphatic heterocycles. The Morgan fingerprint density at radius 2 is 2.05 bits per heavy atom. The molecule has 1 fully saturated rings. The summed E-state index contributed by atoms with van der Waals surface area (Å²) in [4.78, 5) is 12.3. The molecule has 0 saturated heterocycles. The summed E-state index contributed by atoms with van der Waals surface area (Å²) < 4.78 is 1.04. The van der Waals surface area contributed by atoms with Gasteiger partial charge in [-0.15, -0.1) is 0 Å². The molecule has 1 aromatic carbocycles. The van der Waals surface area contributed by atoms with Crippen molar-refractivity contribution in [2.75, 3.05) is 12.8 Å². The maximum atomic E-state index is 12.3. The van der Waals surface area contributed by atoms with Gasteiger partial charge in [-0.05, 0) is 37.3 Å². The predicted molar refractivity (Wildman–Crippen MR) is 90.8 cm³/mol. The standard InChI is InChI=1S/C15H19BrClNOS/c1-20-15(5-3-2-4-6-15)10-18-14(19)11-7-12(16)9-13(17)8-11/h7-9H,2-6,10H2,1H3,(H,18,19). The van der Waals surface area contributed by atoms with E-state index >= 15 is 0 Å². The zero-order chi connectivity index (χ0) is 14.6. The van der Waals surface area contributed by atoms with Crippen molar-refractivity contribution in [3.63, 3.8) is 0 Å². The SMILES string of the molecule is CSC1(CNC(=O)c2cc(Cl)cc(Br)c2)CCCCC1. The van der Waals surface area contributed by atoms with E-state index in [0.717, 1.165) is 11.0 Å². The lowest BCUT2D eigenvalue weighted by atomic mass is 9.88. The topological polar surface area (TPSA) is 29.1 Å². The van der Waals surface area contributed by atoms with Gasteiger partial charge in [-0.3, -0.25) is 4.79 Å². The molecule has 1 saturated carbocycles. The van der Waals surface area contributed by atoms with Crippen molar-refractivity contribution < 1.29 is 4.79 Å². The third kappa shape index (κ3) is 4.15. The van der Waals surface area contributed by atoms with Gasteiger partial charge in [0.05, 0.1) is 0 Å². The Kier molecular flexibility index (Phi) is 5.82. The molecule has 0 spiro atoms. The summed E-state index contributed by atoms with van der Waals surface area (Å²) in [6.45, 7) is 0.733. The van der Waals surface area contributed by atoms with Gasteiger partial charge in [0, 0.05) is 26.4 Å². The highest BCUT2D eigenvalue weighted by Crippen LogP contribution is 2.38. The van der Waals surface area contributed by atoms with Crippen LogP contribution in [0.2, 0.25) is 5.02 Å². The lowest BCUT2D eigenvalue weighted by molar-refractivity contribution is 0.0947. The fourth-order valence-corrected chi connectivity index (χ4v) is 4.45. The van der Waals surface area contributed by atoms with Crippen LogP contribution in [0.15, 0.2) is 22.7 Å². The maximum Gasteiger partial charge on any atom is 0.251 e. The summed E-state index contributed by atoms with van der Waals surface area (Å²) in [5.41, 5.74) is 0.608. The van der Waals surface area contributed by atoms with Gasteiger partial charge in [-0.2, -0.15) is 11.8 Å². The van der Waals surface area contributed by atoms with E-state index in [4.69, 9.17) is 11.6 Å². The smallest absolute Gasteiger partial charge is 0.251 e. The predicted octanol–water partition coefficient (Wildman–Crippen LogP) is 4.90. The number of hydrogen-bond acceptors (Lipinski definition) is 2. The molecule has 5 heteroatoms. The van der Waals surface area contributed by atoms with Gasteiger partial charge in [0.1, 0.15) is 0 Å². The van der Waals surface area contributed by atoms with E-state index in [1.54, 1.807) is 18.2 Å². The van der Waals surface area contributed by atoms with Gasteiger partial charge >= 0.3 is 0 Å². The Labute approximate surface area is 138 Å². The van der Waals surface area contributed by atoms with Gasteiger partial charge in [0.15, 0.2) is 0 Å². The molecule has 1 aliphatic rings. The van der Waals surface area contributed by atoms with Crippen LogP contribution in [-0.2, 0) is 0 Å². The number of amides is 1. The highest BCUT2D eigenvalue weighted by Gasteiger charge is 2.31. The van der Waals surface area contributed by atoms with E-state index in [2.05, 4.69) is 27.5 Å². The van der Waals surface area contributed by atoms with E-state index in [9.17, 15) is 4.79 Å². The Morgan fingerprint density at radius 3 is 2.65 bits per heavy atom. The molecule has 110 valence electrons. The quantitative estimate of drug-likeness (QED) is 0.810. The average Bonchev–Trinajstić information content (AvgIpc) is 2.45. The highest BCUT2D eigenvalue weighted by atomic mass is 79.9. The monoisotopic (exact) mass is 375 g/mol. The van der Waals surface area contributed by atoms with Crippen LogP contribution in [0.5, 0.6) is 0 Å².